The monoisotopic (exact) mass is 236 g/mol. The van der Waals surface area contributed by atoms with Crippen LogP contribution in [-0.4, -0.2) is 33.9 Å². The van der Waals surface area contributed by atoms with Gasteiger partial charge in [0.2, 0.25) is 0 Å². The van der Waals surface area contributed by atoms with Gasteiger partial charge in [-0.15, -0.1) is 0 Å². The maximum Gasteiger partial charge on any atom is 0.332 e. The fraction of sp³-hybridized carbons (Fsp3) is 0.583. The summed E-state index contributed by atoms with van der Waals surface area (Å²) in [4.78, 5) is 3.98. The summed E-state index contributed by atoms with van der Waals surface area (Å²) >= 11 is 0. The van der Waals surface area contributed by atoms with Gasteiger partial charge in [0, 0.05) is 12.4 Å². The van der Waals surface area contributed by atoms with Crippen LogP contribution in [0.2, 0.25) is 0 Å². The highest BCUT2D eigenvalue weighted by atomic mass is 16.5. The van der Waals surface area contributed by atoms with Crippen molar-refractivity contribution < 1.29 is 14.9 Å². The van der Waals surface area contributed by atoms with Crippen molar-refractivity contribution in [3.05, 3.63) is 24.0 Å². The minimum atomic E-state index is -0.953. The van der Waals surface area contributed by atoms with E-state index >= 15 is 0 Å². The van der Waals surface area contributed by atoms with Gasteiger partial charge in [0.15, 0.2) is 0 Å². The van der Waals surface area contributed by atoms with E-state index < -0.39 is 11.2 Å². The Kier molecular flexibility index (Phi) is 4.30. The molecule has 93 valence electrons. The summed E-state index contributed by atoms with van der Waals surface area (Å²) in [6.45, 7) is 6.97. The highest BCUT2D eigenvalue weighted by molar-refractivity contribution is 6.46. The van der Waals surface area contributed by atoms with E-state index in [1.165, 1.54) is 0 Å². The van der Waals surface area contributed by atoms with Crippen molar-refractivity contribution >= 4 is 12.9 Å². The summed E-state index contributed by atoms with van der Waals surface area (Å²) in [5.41, 5.74) is -0.175. The molecule has 0 bridgehead atoms. The molecular weight excluding hydrogens is 217 g/mol. The number of hydrogen-bond acceptors (Lipinski definition) is 4. The van der Waals surface area contributed by atoms with Crippen LogP contribution in [-0.2, 0) is 11.3 Å². The molecule has 1 aromatic heterocycles. The van der Waals surface area contributed by atoms with E-state index in [-0.39, 0.29) is 6.61 Å². The molecule has 1 rings (SSSR count). The van der Waals surface area contributed by atoms with Gasteiger partial charge < -0.3 is 14.9 Å². The van der Waals surface area contributed by atoms with Gasteiger partial charge in [-0.05, 0) is 38.7 Å². The molecule has 0 unspecified atom stereocenters. The number of aromatic nitrogens is 1. The van der Waals surface area contributed by atoms with Crippen molar-refractivity contribution in [3.63, 3.8) is 0 Å². The first-order valence-electron chi connectivity index (χ1n) is 5.54. The van der Waals surface area contributed by atoms with Crippen molar-refractivity contribution in [2.24, 2.45) is 0 Å². The Morgan fingerprint density at radius 3 is 2.47 bits per heavy atom. The molecule has 0 aliphatic carbocycles. The van der Waals surface area contributed by atoms with Gasteiger partial charge in [0.05, 0.1) is 17.8 Å². The first kappa shape index (κ1) is 14.2. The molecule has 5 heteroatoms. The number of aliphatic hydroxyl groups excluding tert-OH is 1. The zero-order valence-corrected chi connectivity index (χ0v) is 10.8. The van der Waals surface area contributed by atoms with Crippen molar-refractivity contribution in [2.75, 3.05) is 0 Å². The van der Waals surface area contributed by atoms with Gasteiger partial charge in [0.25, 0.3) is 0 Å². The molecule has 1 heterocycles. The summed E-state index contributed by atoms with van der Waals surface area (Å²) < 4.78 is 5.58. The lowest BCUT2D eigenvalue weighted by Crippen LogP contribution is -2.49. The molecule has 0 amide bonds. The van der Waals surface area contributed by atoms with E-state index in [0.29, 0.717) is 0 Å². The van der Waals surface area contributed by atoms with E-state index in [2.05, 4.69) is 4.98 Å². The van der Waals surface area contributed by atoms with Gasteiger partial charge in [-0.3, -0.25) is 4.98 Å². The van der Waals surface area contributed by atoms with E-state index in [1.807, 2.05) is 13.8 Å². The van der Waals surface area contributed by atoms with Crippen LogP contribution in [0.15, 0.2) is 18.5 Å². The lowest BCUT2D eigenvalue weighted by molar-refractivity contribution is -0.0893. The molecule has 0 saturated heterocycles. The number of pyridine rings is 1. The summed E-state index contributed by atoms with van der Waals surface area (Å²) in [6.07, 6.45) is 3.23. The third-order valence-corrected chi connectivity index (χ3v) is 2.96. The van der Waals surface area contributed by atoms with Gasteiger partial charge in [0.1, 0.15) is 0 Å². The first-order valence-corrected chi connectivity index (χ1v) is 5.54. The lowest BCUT2D eigenvalue weighted by atomic mass is 9.83. The molecule has 0 saturated carbocycles. The Morgan fingerprint density at radius 2 is 1.94 bits per heavy atom. The average molecular weight is 236 g/mol. The van der Waals surface area contributed by atoms with Gasteiger partial charge in [-0.2, -0.15) is 0 Å². The lowest BCUT2D eigenvalue weighted by Gasteiger charge is -2.37. The van der Waals surface area contributed by atoms with Crippen LogP contribution in [0, 0.1) is 0 Å². The molecule has 1 radical (unpaired) electrons. The van der Waals surface area contributed by atoms with Gasteiger partial charge in [-0.1, -0.05) is 6.07 Å². The quantitative estimate of drug-likeness (QED) is 0.725. The number of hydrogen-bond donors (Lipinski definition) is 2. The SMILES string of the molecule is CC(C)(O)C(C)(C)O[B]c1cncc(CO)c1. The standard InChI is InChI=1S/C12H19BNO3/c1-11(2,16)12(3,4)17-13-10-5-9(8-15)6-14-7-10/h5-7,15-16H,8H2,1-4H3. The molecule has 0 aliphatic heterocycles. The van der Waals surface area contributed by atoms with Gasteiger partial charge in [-0.25, -0.2) is 0 Å². The Labute approximate surface area is 103 Å². The minimum Gasteiger partial charge on any atom is -0.427 e. The van der Waals surface area contributed by atoms with Crippen LogP contribution < -0.4 is 5.46 Å². The molecule has 0 fully saturated rings. The molecule has 0 aromatic carbocycles. The average Bonchev–Trinajstić information content (AvgIpc) is 2.25. The Bertz CT molecular complexity index is 374. The summed E-state index contributed by atoms with van der Waals surface area (Å²) in [6, 6.07) is 1.79. The maximum atomic E-state index is 9.92. The van der Waals surface area contributed by atoms with Crippen molar-refractivity contribution in [1.82, 2.24) is 4.98 Å². The molecule has 0 aliphatic rings. The van der Waals surface area contributed by atoms with Crippen molar-refractivity contribution in [2.45, 2.75) is 45.5 Å². The Balaban J connectivity index is 2.67. The molecule has 0 atom stereocenters. The van der Waals surface area contributed by atoms with Crippen LogP contribution in [0.4, 0.5) is 0 Å². The van der Waals surface area contributed by atoms with Gasteiger partial charge >= 0.3 is 7.48 Å². The first-order chi connectivity index (χ1) is 7.76. The van der Waals surface area contributed by atoms with E-state index in [0.717, 1.165) is 11.0 Å². The zero-order chi connectivity index (χ0) is 13.1. The van der Waals surface area contributed by atoms with Crippen LogP contribution in [0.25, 0.3) is 0 Å². The molecular formula is C12H19BNO3. The maximum absolute atomic E-state index is 9.92. The second kappa shape index (κ2) is 5.17. The number of aliphatic hydroxyl groups is 2. The van der Waals surface area contributed by atoms with Crippen LogP contribution in [0.5, 0.6) is 0 Å². The predicted molar refractivity (Wildman–Crippen MR) is 67.0 cm³/mol. The number of nitrogens with zero attached hydrogens (tertiary/aromatic N) is 1. The van der Waals surface area contributed by atoms with Crippen molar-refractivity contribution in [1.29, 1.82) is 0 Å². The van der Waals surface area contributed by atoms with Crippen molar-refractivity contribution in [3.8, 4) is 0 Å². The third-order valence-electron chi connectivity index (χ3n) is 2.96. The third kappa shape index (κ3) is 3.80. The van der Waals surface area contributed by atoms with E-state index in [1.54, 1.807) is 39.8 Å². The predicted octanol–water partition coefficient (Wildman–Crippen LogP) is 0.384. The molecule has 17 heavy (non-hydrogen) atoms. The summed E-state index contributed by atoms with van der Waals surface area (Å²) in [5.74, 6) is 0. The minimum absolute atomic E-state index is 0.0520. The molecule has 4 nitrogen and oxygen atoms in total. The van der Waals surface area contributed by atoms with Crippen LogP contribution in [0.3, 0.4) is 0 Å². The van der Waals surface area contributed by atoms with Crippen LogP contribution >= 0.6 is 0 Å². The Hall–Kier alpha value is -0.905. The van der Waals surface area contributed by atoms with Crippen LogP contribution in [0.1, 0.15) is 33.3 Å². The second-order valence-electron chi connectivity index (χ2n) is 5.09. The fourth-order valence-corrected chi connectivity index (χ4v) is 1.02. The van der Waals surface area contributed by atoms with E-state index in [4.69, 9.17) is 9.76 Å². The number of rotatable bonds is 5. The molecule has 2 N–H and O–H groups in total. The summed E-state index contributed by atoms with van der Waals surface area (Å²) in [5, 5.41) is 18.9. The highest BCUT2D eigenvalue weighted by Crippen LogP contribution is 2.24. The zero-order valence-electron chi connectivity index (χ0n) is 10.8. The molecule has 0 spiro atoms. The smallest absolute Gasteiger partial charge is 0.332 e. The van der Waals surface area contributed by atoms with E-state index in [9.17, 15) is 5.11 Å². The molecule has 1 aromatic rings. The topological polar surface area (TPSA) is 62.6 Å². The second-order valence-corrected chi connectivity index (χ2v) is 5.09. The normalized spacial score (nSPS) is 12.6. The fourth-order valence-electron chi connectivity index (χ4n) is 1.02. The Morgan fingerprint density at radius 1 is 1.29 bits per heavy atom. The summed E-state index contributed by atoms with van der Waals surface area (Å²) in [7, 11) is 1.55. The largest absolute Gasteiger partial charge is 0.427 e. The highest BCUT2D eigenvalue weighted by Gasteiger charge is 2.35.